The van der Waals surface area contributed by atoms with Gasteiger partial charge in [0, 0.05) is 19.2 Å². The monoisotopic (exact) mass is 347 g/mol. The Hall–Kier alpha value is -2.31. The maximum atomic E-state index is 13.5. The Morgan fingerprint density at radius 3 is 2.72 bits per heavy atom. The molecule has 1 N–H and O–H groups in total. The maximum absolute atomic E-state index is 13.5. The molecule has 134 valence electrons. The van der Waals surface area contributed by atoms with Gasteiger partial charge < -0.3 is 24.3 Å². The summed E-state index contributed by atoms with van der Waals surface area (Å²) in [6.45, 7) is 2.07. The van der Waals surface area contributed by atoms with Crippen molar-refractivity contribution in [2.75, 3.05) is 33.9 Å². The summed E-state index contributed by atoms with van der Waals surface area (Å²) in [6, 6.07) is 11.9. The van der Waals surface area contributed by atoms with Crippen molar-refractivity contribution < 1.29 is 23.3 Å². The zero-order valence-electron chi connectivity index (χ0n) is 14.3. The van der Waals surface area contributed by atoms with Gasteiger partial charge in [-0.15, -0.1) is 0 Å². The van der Waals surface area contributed by atoms with Crippen LogP contribution >= 0.6 is 0 Å². The van der Waals surface area contributed by atoms with Gasteiger partial charge in [0.1, 0.15) is 17.7 Å². The Kier molecular flexibility index (Phi) is 5.73. The molecule has 5 nitrogen and oxygen atoms in total. The summed E-state index contributed by atoms with van der Waals surface area (Å²) in [6.07, 6.45) is -0.571. The lowest BCUT2D eigenvalue weighted by Crippen LogP contribution is -2.43. The van der Waals surface area contributed by atoms with Gasteiger partial charge in [-0.3, -0.25) is 0 Å². The second-order valence-corrected chi connectivity index (χ2v) is 5.72. The molecule has 0 saturated carbocycles. The third kappa shape index (κ3) is 4.21. The normalized spacial score (nSPS) is 18.4. The molecule has 6 heteroatoms. The SMILES string of the molecule is COc1cccc([C@H](Oc2ccc(F)cc2OC)C2CNCCO2)c1. The standard InChI is InChI=1S/C19H22FNO4/c1-22-15-5-3-4-13(10-15)19(18-12-21-8-9-24-18)25-16-7-6-14(20)11-17(16)23-2/h3-7,10-11,18-19,21H,8-9,12H2,1-2H3/t18?,19-/m0/s1. The second-order valence-electron chi connectivity index (χ2n) is 5.72. The highest BCUT2D eigenvalue weighted by molar-refractivity contribution is 5.41. The first-order valence-corrected chi connectivity index (χ1v) is 8.17. The minimum atomic E-state index is -0.387. The Labute approximate surface area is 146 Å². The van der Waals surface area contributed by atoms with Crippen LogP contribution in [-0.2, 0) is 4.74 Å². The molecule has 0 spiro atoms. The van der Waals surface area contributed by atoms with Crippen LogP contribution in [0.15, 0.2) is 42.5 Å². The fourth-order valence-corrected chi connectivity index (χ4v) is 2.83. The summed E-state index contributed by atoms with van der Waals surface area (Å²) >= 11 is 0. The summed E-state index contributed by atoms with van der Waals surface area (Å²) in [5.41, 5.74) is 0.916. The van der Waals surface area contributed by atoms with E-state index in [-0.39, 0.29) is 18.0 Å². The number of hydrogen-bond donors (Lipinski definition) is 1. The molecule has 1 aliphatic rings. The first-order chi connectivity index (χ1) is 12.2. The highest BCUT2D eigenvalue weighted by Gasteiger charge is 2.29. The van der Waals surface area contributed by atoms with Gasteiger partial charge in [-0.05, 0) is 29.8 Å². The summed E-state index contributed by atoms with van der Waals surface area (Å²) in [5.74, 6) is 1.17. The van der Waals surface area contributed by atoms with Crippen molar-refractivity contribution in [3.05, 3.63) is 53.8 Å². The van der Waals surface area contributed by atoms with Crippen LogP contribution in [0.3, 0.4) is 0 Å². The molecular formula is C19H22FNO4. The number of halogens is 1. The average Bonchev–Trinajstić information content (AvgIpc) is 2.67. The molecule has 0 amide bonds. The third-order valence-corrected chi connectivity index (χ3v) is 4.10. The van der Waals surface area contributed by atoms with E-state index >= 15 is 0 Å². The van der Waals surface area contributed by atoms with E-state index in [2.05, 4.69) is 5.32 Å². The van der Waals surface area contributed by atoms with Crippen LogP contribution in [0.4, 0.5) is 4.39 Å². The van der Waals surface area contributed by atoms with Gasteiger partial charge in [-0.1, -0.05) is 12.1 Å². The summed E-state index contributed by atoms with van der Waals surface area (Å²) < 4.78 is 36.1. The van der Waals surface area contributed by atoms with Crippen LogP contribution in [0.1, 0.15) is 11.7 Å². The molecule has 1 unspecified atom stereocenters. The molecule has 0 bridgehead atoms. The third-order valence-electron chi connectivity index (χ3n) is 4.10. The Bertz CT molecular complexity index is 704. The Morgan fingerprint density at radius 2 is 2.00 bits per heavy atom. The maximum Gasteiger partial charge on any atom is 0.163 e. The highest BCUT2D eigenvalue weighted by Crippen LogP contribution is 2.35. The lowest BCUT2D eigenvalue weighted by molar-refractivity contribution is -0.0439. The molecule has 3 rings (SSSR count). The minimum Gasteiger partial charge on any atom is -0.497 e. The molecule has 2 atom stereocenters. The fraction of sp³-hybridized carbons (Fsp3) is 0.368. The molecule has 2 aromatic rings. The number of rotatable bonds is 6. The van der Waals surface area contributed by atoms with Gasteiger partial charge in [-0.25, -0.2) is 4.39 Å². The van der Waals surface area contributed by atoms with E-state index < -0.39 is 0 Å². The van der Waals surface area contributed by atoms with Gasteiger partial charge in [0.25, 0.3) is 0 Å². The average molecular weight is 347 g/mol. The van der Waals surface area contributed by atoms with Crippen LogP contribution in [0.25, 0.3) is 0 Å². The van der Waals surface area contributed by atoms with Gasteiger partial charge in [0.05, 0.1) is 20.8 Å². The molecule has 25 heavy (non-hydrogen) atoms. The quantitative estimate of drug-likeness (QED) is 0.871. The van der Waals surface area contributed by atoms with Crippen molar-refractivity contribution in [3.8, 4) is 17.2 Å². The molecule has 1 fully saturated rings. The van der Waals surface area contributed by atoms with Crippen molar-refractivity contribution in [1.29, 1.82) is 0 Å². The van der Waals surface area contributed by atoms with Gasteiger partial charge in [0.15, 0.2) is 17.6 Å². The molecule has 0 aromatic heterocycles. The zero-order valence-corrected chi connectivity index (χ0v) is 14.3. The molecule has 1 aliphatic heterocycles. The Morgan fingerprint density at radius 1 is 1.12 bits per heavy atom. The molecule has 1 saturated heterocycles. The topological polar surface area (TPSA) is 49.0 Å². The second kappa shape index (κ2) is 8.18. The number of nitrogens with one attached hydrogen (secondary N) is 1. The lowest BCUT2D eigenvalue weighted by atomic mass is 10.0. The van der Waals surface area contributed by atoms with Gasteiger partial charge >= 0.3 is 0 Å². The smallest absolute Gasteiger partial charge is 0.163 e. The highest BCUT2D eigenvalue weighted by atomic mass is 19.1. The number of methoxy groups -OCH3 is 2. The predicted molar refractivity (Wildman–Crippen MR) is 91.9 cm³/mol. The molecular weight excluding hydrogens is 325 g/mol. The molecule has 0 radical (unpaired) electrons. The van der Waals surface area contributed by atoms with Crippen molar-refractivity contribution in [3.63, 3.8) is 0 Å². The first kappa shape index (κ1) is 17.5. The van der Waals surface area contributed by atoms with Crippen LogP contribution < -0.4 is 19.5 Å². The van der Waals surface area contributed by atoms with E-state index in [4.69, 9.17) is 18.9 Å². The van der Waals surface area contributed by atoms with E-state index in [1.54, 1.807) is 13.2 Å². The van der Waals surface area contributed by atoms with E-state index in [0.29, 0.717) is 24.7 Å². The zero-order chi connectivity index (χ0) is 17.6. The van der Waals surface area contributed by atoms with Crippen LogP contribution in [0.2, 0.25) is 0 Å². The van der Waals surface area contributed by atoms with Crippen LogP contribution in [-0.4, -0.2) is 40.0 Å². The van der Waals surface area contributed by atoms with E-state index in [1.807, 2.05) is 24.3 Å². The van der Waals surface area contributed by atoms with Crippen molar-refractivity contribution in [1.82, 2.24) is 5.32 Å². The van der Waals surface area contributed by atoms with E-state index in [0.717, 1.165) is 17.9 Å². The molecule has 2 aromatic carbocycles. The summed E-state index contributed by atoms with van der Waals surface area (Å²) in [7, 11) is 3.11. The number of hydrogen-bond acceptors (Lipinski definition) is 5. The molecule has 1 heterocycles. The summed E-state index contributed by atoms with van der Waals surface area (Å²) in [5, 5.41) is 3.31. The Balaban J connectivity index is 1.93. The van der Waals surface area contributed by atoms with Crippen LogP contribution in [0, 0.1) is 5.82 Å². The van der Waals surface area contributed by atoms with E-state index in [9.17, 15) is 4.39 Å². The van der Waals surface area contributed by atoms with Gasteiger partial charge in [0.2, 0.25) is 0 Å². The fourth-order valence-electron chi connectivity index (χ4n) is 2.83. The largest absolute Gasteiger partial charge is 0.497 e. The lowest BCUT2D eigenvalue weighted by Gasteiger charge is -2.32. The minimum absolute atomic E-state index is 0.185. The predicted octanol–water partition coefficient (Wildman–Crippen LogP) is 2.95. The van der Waals surface area contributed by atoms with E-state index in [1.165, 1.54) is 19.2 Å². The first-order valence-electron chi connectivity index (χ1n) is 8.17. The molecule has 0 aliphatic carbocycles. The summed E-state index contributed by atoms with van der Waals surface area (Å²) in [4.78, 5) is 0. The van der Waals surface area contributed by atoms with Gasteiger partial charge in [-0.2, -0.15) is 0 Å². The van der Waals surface area contributed by atoms with Crippen LogP contribution in [0.5, 0.6) is 17.2 Å². The number of morpholine rings is 1. The number of ether oxygens (including phenoxy) is 4. The van der Waals surface area contributed by atoms with Crippen molar-refractivity contribution >= 4 is 0 Å². The van der Waals surface area contributed by atoms with Crippen molar-refractivity contribution in [2.24, 2.45) is 0 Å². The number of benzene rings is 2. The van der Waals surface area contributed by atoms with Crippen molar-refractivity contribution in [2.45, 2.75) is 12.2 Å².